The topological polar surface area (TPSA) is 78.2 Å². The molecule has 1 amide bonds. The molecular weight excluding hydrogens is 679 g/mol. The lowest BCUT2D eigenvalue weighted by atomic mass is 10.0. The Morgan fingerprint density at radius 2 is 1.65 bits per heavy atom. The first-order valence-electron chi connectivity index (χ1n) is 16.3. The zero-order valence-electron chi connectivity index (χ0n) is 27.9. The number of hydrogen-bond acceptors (Lipinski definition) is 6. The molecule has 49 heavy (non-hydrogen) atoms. The molecule has 2 aliphatic heterocycles. The zero-order chi connectivity index (χ0) is 32.7. The fourth-order valence-electron chi connectivity index (χ4n) is 7.10. The molecule has 0 bridgehead atoms. The zero-order valence-corrected chi connectivity index (χ0v) is 30.4. The van der Waals surface area contributed by atoms with E-state index in [0.717, 1.165) is 88.5 Å². The number of piperidine rings is 1. The van der Waals surface area contributed by atoms with Gasteiger partial charge in [-0.05, 0) is 93.0 Å². The first kappa shape index (κ1) is 36.3. The maximum atomic E-state index is 12.6. The third kappa shape index (κ3) is 7.17. The molecule has 0 unspecified atom stereocenters. The molecule has 258 valence electrons. The molecule has 4 heterocycles. The lowest BCUT2D eigenvalue weighted by Gasteiger charge is -2.37. The summed E-state index contributed by atoms with van der Waals surface area (Å²) >= 11 is 1.31. The maximum absolute atomic E-state index is 12.6. The molecule has 0 spiro atoms. The maximum Gasteiger partial charge on any atom is 0.345 e. The van der Waals surface area contributed by atoms with E-state index in [4.69, 9.17) is 4.74 Å². The van der Waals surface area contributed by atoms with Crippen LogP contribution in [-0.2, 0) is 18.4 Å². The van der Waals surface area contributed by atoms with Gasteiger partial charge in [-0.3, -0.25) is 4.79 Å². The van der Waals surface area contributed by atoms with E-state index in [2.05, 4.69) is 70.9 Å². The Kier molecular flexibility index (Phi) is 11.3. The fraction of sp³-hybridized carbons (Fsp3) is 0.316. The van der Waals surface area contributed by atoms with Gasteiger partial charge in [-0.25, -0.2) is 4.79 Å². The summed E-state index contributed by atoms with van der Waals surface area (Å²) < 4.78 is 9.49. The first-order valence-corrected chi connectivity index (χ1v) is 17.1. The number of amides is 1. The first-order chi connectivity index (χ1) is 22.8. The van der Waals surface area contributed by atoms with Gasteiger partial charge in [0.05, 0.1) is 15.9 Å². The molecule has 0 atom stereocenters. The molecule has 2 fully saturated rings. The van der Waals surface area contributed by atoms with Gasteiger partial charge in [-0.2, -0.15) is 0 Å². The number of hydrogen-bond donors (Lipinski definition) is 1. The summed E-state index contributed by atoms with van der Waals surface area (Å²) in [5.74, 6) is 0.0350. The third-order valence-corrected chi connectivity index (χ3v) is 10.8. The largest absolute Gasteiger partial charge is 0.489 e. The Labute approximate surface area is 303 Å². The van der Waals surface area contributed by atoms with Crippen molar-refractivity contribution < 1.29 is 19.4 Å². The van der Waals surface area contributed by atoms with Crippen molar-refractivity contribution >= 4 is 69.6 Å². The van der Waals surface area contributed by atoms with E-state index in [0.29, 0.717) is 23.9 Å². The minimum atomic E-state index is -0.910. The predicted molar refractivity (Wildman–Crippen MR) is 204 cm³/mol. The van der Waals surface area contributed by atoms with E-state index < -0.39 is 5.97 Å². The molecule has 8 nitrogen and oxygen atoms in total. The number of carboxylic acid groups (broad SMARTS) is 1. The molecule has 2 aromatic heterocycles. The number of benzene rings is 3. The van der Waals surface area contributed by atoms with Crippen molar-refractivity contribution in [2.75, 3.05) is 43.5 Å². The molecule has 7 rings (SSSR count). The quantitative estimate of drug-likeness (QED) is 0.165. The Morgan fingerprint density at radius 1 is 0.939 bits per heavy atom. The monoisotopic (exact) mass is 720 g/mol. The average Bonchev–Trinajstić information content (AvgIpc) is 3.79. The fourth-order valence-corrected chi connectivity index (χ4v) is 8.19. The van der Waals surface area contributed by atoms with Crippen LogP contribution in [0.25, 0.3) is 32.6 Å². The van der Waals surface area contributed by atoms with Crippen LogP contribution in [0.5, 0.6) is 5.75 Å². The Morgan fingerprint density at radius 3 is 2.29 bits per heavy atom. The SMILES string of the molecule is CN(C)C1CCN(c2ccc(N3CCCC3=O)cc2COc2ccc(-c3c(-c4ccccc4)c4sc(C(=O)O)cc4n3C)cc2)CC1.Cl.Cl. The summed E-state index contributed by atoms with van der Waals surface area (Å²) in [5, 5.41) is 9.68. The molecule has 2 aliphatic rings. The van der Waals surface area contributed by atoms with E-state index in [9.17, 15) is 14.7 Å². The number of anilines is 2. The van der Waals surface area contributed by atoms with Crippen molar-refractivity contribution in [3.8, 4) is 28.1 Å². The summed E-state index contributed by atoms with van der Waals surface area (Å²) in [5.41, 5.74) is 8.24. The number of aryl methyl sites for hydroxylation is 1. The smallest absolute Gasteiger partial charge is 0.345 e. The van der Waals surface area contributed by atoms with E-state index >= 15 is 0 Å². The van der Waals surface area contributed by atoms with Crippen LogP contribution in [0.15, 0.2) is 78.9 Å². The van der Waals surface area contributed by atoms with Crippen molar-refractivity contribution in [2.45, 2.75) is 38.3 Å². The van der Waals surface area contributed by atoms with Gasteiger partial charge in [0.2, 0.25) is 5.91 Å². The highest BCUT2D eigenvalue weighted by molar-refractivity contribution is 7.21. The molecular formula is C38H42Cl2N4O4S. The molecule has 11 heteroatoms. The van der Waals surface area contributed by atoms with Gasteiger partial charge >= 0.3 is 5.97 Å². The van der Waals surface area contributed by atoms with Gasteiger partial charge in [0.1, 0.15) is 17.2 Å². The Bertz CT molecular complexity index is 1930. The van der Waals surface area contributed by atoms with Crippen LogP contribution >= 0.6 is 36.2 Å². The summed E-state index contributed by atoms with van der Waals surface area (Å²) in [6.07, 6.45) is 3.72. The van der Waals surface area contributed by atoms with E-state index in [1.165, 1.54) is 17.0 Å². The van der Waals surface area contributed by atoms with Crippen LogP contribution in [0.4, 0.5) is 11.4 Å². The molecule has 5 aromatic rings. The van der Waals surface area contributed by atoms with E-state index in [1.54, 1.807) is 6.07 Å². The highest BCUT2D eigenvalue weighted by Gasteiger charge is 2.26. The van der Waals surface area contributed by atoms with Gasteiger partial charge in [-0.15, -0.1) is 36.2 Å². The predicted octanol–water partition coefficient (Wildman–Crippen LogP) is 8.35. The normalized spacial score (nSPS) is 15.1. The van der Waals surface area contributed by atoms with Crippen molar-refractivity contribution in [1.82, 2.24) is 9.47 Å². The van der Waals surface area contributed by atoms with Crippen LogP contribution in [-0.4, -0.2) is 66.2 Å². The average molecular weight is 722 g/mol. The number of aromatic carboxylic acids is 1. The third-order valence-electron chi connectivity index (χ3n) is 9.65. The molecule has 0 radical (unpaired) electrons. The second kappa shape index (κ2) is 15.3. The Hall–Kier alpha value is -4.02. The van der Waals surface area contributed by atoms with Crippen LogP contribution < -0.4 is 14.5 Å². The van der Waals surface area contributed by atoms with E-state index in [1.807, 2.05) is 42.3 Å². The van der Waals surface area contributed by atoms with Crippen molar-refractivity contribution in [2.24, 2.45) is 7.05 Å². The van der Waals surface area contributed by atoms with E-state index in [-0.39, 0.29) is 30.7 Å². The summed E-state index contributed by atoms with van der Waals surface area (Å²) in [7, 11) is 6.31. The van der Waals surface area contributed by atoms with Crippen LogP contribution in [0, 0.1) is 0 Å². The highest BCUT2D eigenvalue weighted by Crippen LogP contribution is 2.44. The standard InChI is InChI=1S/C38H40N4O4S.2ClH/c1-39(2)28-17-20-41(21-18-28)31-16-13-29(42-19-7-10-34(42)43)22-27(31)24-46-30-14-11-26(12-15-30)36-35(25-8-5-4-6-9-25)37-32(40(36)3)23-33(47-37)38(44)45;;/h4-6,8-9,11-16,22-23,28H,7,10,17-21,24H2,1-3H3,(H,44,45);2*1H. The highest BCUT2D eigenvalue weighted by atomic mass is 35.5. The van der Waals surface area contributed by atoms with Gasteiger partial charge in [0, 0.05) is 61.6 Å². The number of halogens is 2. The second-order valence-corrected chi connectivity index (χ2v) is 13.8. The lowest BCUT2D eigenvalue weighted by molar-refractivity contribution is -0.117. The van der Waals surface area contributed by atoms with Crippen LogP contribution in [0.2, 0.25) is 0 Å². The number of ether oxygens (including phenoxy) is 1. The summed E-state index contributed by atoms with van der Waals surface area (Å²) in [6, 6.07) is 27.0. The number of rotatable bonds is 9. The number of carbonyl (C=O) groups is 2. The van der Waals surface area contributed by atoms with Gasteiger partial charge in [-0.1, -0.05) is 30.3 Å². The number of aromatic nitrogens is 1. The van der Waals surface area contributed by atoms with Gasteiger partial charge < -0.3 is 29.1 Å². The number of fused-ring (bicyclic) bond motifs is 1. The molecule has 0 aliphatic carbocycles. The summed E-state index contributed by atoms with van der Waals surface area (Å²) in [4.78, 5) is 31.4. The minimum Gasteiger partial charge on any atom is -0.489 e. The van der Waals surface area contributed by atoms with Crippen molar-refractivity contribution in [3.63, 3.8) is 0 Å². The van der Waals surface area contributed by atoms with Gasteiger partial charge in [0.15, 0.2) is 0 Å². The minimum absolute atomic E-state index is 0. The van der Waals surface area contributed by atoms with Crippen LogP contribution in [0.3, 0.4) is 0 Å². The molecule has 0 saturated carbocycles. The number of nitrogens with zero attached hydrogens (tertiary/aromatic N) is 4. The Balaban J connectivity index is 0.00000234. The number of carbonyl (C=O) groups excluding carboxylic acids is 1. The molecule has 1 N–H and O–H groups in total. The number of carboxylic acids is 1. The number of thiophene rings is 1. The second-order valence-electron chi connectivity index (χ2n) is 12.7. The molecule has 3 aromatic carbocycles. The lowest BCUT2D eigenvalue weighted by Crippen LogP contribution is -2.42. The van der Waals surface area contributed by atoms with Crippen molar-refractivity contribution in [1.29, 1.82) is 0 Å². The van der Waals surface area contributed by atoms with Crippen molar-refractivity contribution in [3.05, 3.63) is 89.3 Å². The summed E-state index contributed by atoms with van der Waals surface area (Å²) in [6.45, 7) is 3.12. The van der Waals surface area contributed by atoms with Crippen LogP contribution in [0.1, 0.15) is 40.9 Å². The van der Waals surface area contributed by atoms with Gasteiger partial charge in [0.25, 0.3) is 0 Å². The molecule has 2 saturated heterocycles.